The van der Waals surface area contributed by atoms with E-state index in [1.807, 2.05) is 0 Å². The van der Waals surface area contributed by atoms with Crippen molar-refractivity contribution < 1.29 is 27.3 Å². The summed E-state index contributed by atoms with van der Waals surface area (Å²) in [6.45, 7) is 5.05. The average Bonchev–Trinajstić information content (AvgIpc) is 3.08. The van der Waals surface area contributed by atoms with Crippen molar-refractivity contribution >= 4 is 38.9 Å². The maximum absolute atomic E-state index is 13.6. The first-order valence-corrected chi connectivity index (χ1v) is 11.4. The third-order valence-corrected chi connectivity index (χ3v) is 6.54. The molecule has 1 unspecified atom stereocenters. The Bertz CT molecular complexity index is 1230. The highest BCUT2D eigenvalue weighted by atomic mass is 32.2. The monoisotopic (exact) mass is 478 g/mol. The van der Waals surface area contributed by atoms with Gasteiger partial charge in [-0.1, -0.05) is 6.07 Å². The van der Waals surface area contributed by atoms with Crippen LogP contribution in [0.3, 0.4) is 0 Å². The van der Waals surface area contributed by atoms with Crippen molar-refractivity contribution in [1.29, 1.82) is 0 Å². The number of nitrogens with zero attached hydrogens (tertiary/aromatic N) is 2. The minimum Gasteiger partial charge on any atom is -0.326 e. The molecule has 2 amide bonds. The first-order chi connectivity index (χ1) is 15.3. The van der Waals surface area contributed by atoms with Crippen LogP contribution in [0.1, 0.15) is 27.2 Å². The van der Waals surface area contributed by atoms with Gasteiger partial charge in [0.25, 0.3) is 0 Å². The van der Waals surface area contributed by atoms with E-state index in [4.69, 9.17) is 0 Å². The number of nitro benzene ring substituents is 1. The lowest BCUT2D eigenvalue weighted by Crippen LogP contribution is -2.40. The third-order valence-electron chi connectivity index (χ3n) is 4.79. The predicted molar refractivity (Wildman–Crippen MR) is 119 cm³/mol. The van der Waals surface area contributed by atoms with E-state index in [0.29, 0.717) is 0 Å². The molecule has 1 aliphatic rings. The number of rotatable bonds is 6. The molecule has 0 bridgehead atoms. The second kappa shape index (κ2) is 8.87. The van der Waals surface area contributed by atoms with Gasteiger partial charge >= 0.3 is 5.69 Å². The Hall–Kier alpha value is -3.38. The Balaban J connectivity index is 1.74. The molecule has 10 nitrogen and oxygen atoms in total. The van der Waals surface area contributed by atoms with Gasteiger partial charge in [-0.3, -0.25) is 19.7 Å². The summed E-state index contributed by atoms with van der Waals surface area (Å²) in [5.74, 6) is -2.77. The summed E-state index contributed by atoms with van der Waals surface area (Å²) < 4.78 is 41.2. The summed E-state index contributed by atoms with van der Waals surface area (Å²) in [5, 5.41) is 13.6. The van der Waals surface area contributed by atoms with E-state index in [2.05, 4.69) is 10.0 Å². The van der Waals surface area contributed by atoms with Crippen LogP contribution in [0.15, 0.2) is 47.4 Å². The minimum absolute atomic E-state index is 0.0297. The maximum Gasteiger partial charge on any atom is 0.306 e. The molecule has 3 rings (SSSR count). The summed E-state index contributed by atoms with van der Waals surface area (Å²) in [5.41, 5.74) is -1.11. The number of halogens is 1. The lowest BCUT2D eigenvalue weighted by atomic mass is 10.1. The minimum atomic E-state index is -3.81. The fraction of sp³-hybridized carbons (Fsp3) is 0.333. The van der Waals surface area contributed by atoms with Gasteiger partial charge in [0.05, 0.1) is 21.4 Å². The number of nitrogens with one attached hydrogen (secondary N) is 2. The molecule has 2 aromatic carbocycles. The van der Waals surface area contributed by atoms with Gasteiger partial charge in [-0.25, -0.2) is 13.1 Å². The van der Waals surface area contributed by atoms with Crippen LogP contribution in [0, 0.1) is 21.8 Å². The van der Waals surface area contributed by atoms with E-state index in [9.17, 15) is 32.5 Å². The Morgan fingerprint density at radius 2 is 1.91 bits per heavy atom. The maximum atomic E-state index is 13.6. The average molecular weight is 479 g/mol. The molecule has 1 aliphatic heterocycles. The second-order valence-electron chi connectivity index (χ2n) is 8.67. The van der Waals surface area contributed by atoms with Gasteiger partial charge in [-0.05, 0) is 51.1 Å². The molecule has 0 aliphatic carbocycles. The van der Waals surface area contributed by atoms with Crippen molar-refractivity contribution in [2.75, 3.05) is 16.8 Å². The lowest BCUT2D eigenvalue weighted by Gasteiger charge is -2.20. The molecule has 1 atom stereocenters. The number of anilines is 2. The largest absolute Gasteiger partial charge is 0.326 e. The molecule has 0 saturated carbocycles. The summed E-state index contributed by atoms with van der Waals surface area (Å²) in [7, 11) is -3.81. The van der Waals surface area contributed by atoms with Crippen molar-refractivity contribution in [2.45, 2.75) is 37.6 Å². The van der Waals surface area contributed by atoms with Crippen LogP contribution < -0.4 is 14.9 Å². The van der Waals surface area contributed by atoms with E-state index >= 15 is 0 Å². The zero-order valence-electron chi connectivity index (χ0n) is 18.2. The van der Waals surface area contributed by atoms with Crippen molar-refractivity contribution in [1.82, 2.24) is 4.72 Å². The number of carbonyl (C=O) groups excluding carboxylic acids is 2. The number of carbonyl (C=O) groups is 2. The summed E-state index contributed by atoms with van der Waals surface area (Å²) in [6, 6.07) is 8.78. The smallest absolute Gasteiger partial charge is 0.306 e. The number of amides is 2. The Morgan fingerprint density at radius 1 is 1.21 bits per heavy atom. The lowest BCUT2D eigenvalue weighted by molar-refractivity contribution is -0.387. The third kappa shape index (κ3) is 5.71. The molecule has 2 N–H and O–H groups in total. The van der Waals surface area contributed by atoms with Crippen molar-refractivity contribution in [3.8, 4) is 0 Å². The quantitative estimate of drug-likeness (QED) is 0.484. The zero-order chi connectivity index (χ0) is 24.6. The van der Waals surface area contributed by atoms with Gasteiger partial charge in [-0.15, -0.1) is 0 Å². The topological polar surface area (TPSA) is 139 Å². The normalized spacial score (nSPS) is 16.7. The zero-order valence-corrected chi connectivity index (χ0v) is 19.0. The van der Waals surface area contributed by atoms with Gasteiger partial charge in [0.2, 0.25) is 27.7 Å². The second-order valence-corrected chi connectivity index (χ2v) is 10.4. The molecule has 1 saturated heterocycles. The van der Waals surface area contributed by atoms with Crippen LogP contribution in [-0.2, 0) is 19.6 Å². The van der Waals surface area contributed by atoms with Gasteiger partial charge < -0.3 is 10.2 Å². The van der Waals surface area contributed by atoms with E-state index in [-0.39, 0.29) is 29.2 Å². The first-order valence-electron chi connectivity index (χ1n) is 9.96. The molecule has 12 heteroatoms. The molecule has 176 valence electrons. The standard InChI is InChI=1S/C21H23FN4O6S/c1-21(2,3)24-33(31,32)16-6-4-5-14(10-16)23-20(28)13-9-19(27)25(12-13)15-7-8-17(22)18(11-15)26(29)30/h4-8,10-11,13,24H,9,12H2,1-3H3,(H,23,28). The molecule has 0 aromatic heterocycles. The van der Waals surface area contributed by atoms with Crippen LogP contribution in [-0.4, -0.2) is 37.2 Å². The van der Waals surface area contributed by atoms with Crippen molar-refractivity contribution in [2.24, 2.45) is 5.92 Å². The number of sulfonamides is 1. The molecule has 2 aromatic rings. The van der Waals surface area contributed by atoms with E-state index < -0.39 is 49.7 Å². The van der Waals surface area contributed by atoms with Crippen LogP contribution in [0.4, 0.5) is 21.5 Å². The highest BCUT2D eigenvalue weighted by Gasteiger charge is 2.36. The molecule has 1 fully saturated rings. The Kier molecular flexibility index (Phi) is 6.52. The molecule has 33 heavy (non-hydrogen) atoms. The highest BCUT2D eigenvalue weighted by molar-refractivity contribution is 7.89. The van der Waals surface area contributed by atoms with E-state index in [1.165, 1.54) is 35.2 Å². The molecule has 1 heterocycles. The summed E-state index contributed by atoms with van der Waals surface area (Å²) in [6.07, 6.45) is -0.152. The number of hydrogen-bond acceptors (Lipinski definition) is 6. The van der Waals surface area contributed by atoms with Crippen molar-refractivity contribution in [3.63, 3.8) is 0 Å². The number of hydrogen-bond donors (Lipinski definition) is 2. The van der Waals surface area contributed by atoms with Crippen LogP contribution >= 0.6 is 0 Å². The number of nitro groups is 1. The predicted octanol–water partition coefficient (Wildman–Crippen LogP) is 2.80. The van der Waals surface area contributed by atoms with Gasteiger partial charge in [0, 0.05) is 30.3 Å². The van der Waals surface area contributed by atoms with Gasteiger partial charge in [0.1, 0.15) is 0 Å². The van der Waals surface area contributed by atoms with E-state index in [0.717, 1.165) is 12.1 Å². The fourth-order valence-electron chi connectivity index (χ4n) is 3.39. The summed E-state index contributed by atoms with van der Waals surface area (Å²) in [4.78, 5) is 36.4. The Morgan fingerprint density at radius 3 is 2.55 bits per heavy atom. The first kappa shape index (κ1) is 24.3. The number of benzene rings is 2. The van der Waals surface area contributed by atoms with Crippen LogP contribution in [0.25, 0.3) is 0 Å². The molecular weight excluding hydrogens is 455 g/mol. The molecular formula is C21H23FN4O6S. The van der Waals surface area contributed by atoms with Crippen LogP contribution in [0.2, 0.25) is 0 Å². The SMILES string of the molecule is CC(C)(C)NS(=O)(=O)c1cccc(NC(=O)C2CC(=O)N(c3ccc(F)c([N+](=O)[O-])c3)C2)c1. The fourth-order valence-corrected chi connectivity index (χ4v) is 4.85. The summed E-state index contributed by atoms with van der Waals surface area (Å²) >= 11 is 0. The highest BCUT2D eigenvalue weighted by Crippen LogP contribution is 2.30. The molecule has 0 radical (unpaired) electrons. The van der Waals surface area contributed by atoms with Gasteiger partial charge in [-0.2, -0.15) is 4.39 Å². The Labute approximate surface area is 190 Å². The van der Waals surface area contributed by atoms with Crippen LogP contribution in [0.5, 0.6) is 0 Å². The van der Waals surface area contributed by atoms with Gasteiger partial charge in [0.15, 0.2) is 0 Å². The van der Waals surface area contributed by atoms with E-state index in [1.54, 1.807) is 20.8 Å². The molecule has 0 spiro atoms. The van der Waals surface area contributed by atoms with Crippen molar-refractivity contribution in [3.05, 3.63) is 58.4 Å².